The zero-order valence-corrected chi connectivity index (χ0v) is 16.2. The topological polar surface area (TPSA) is 45.2 Å². The van der Waals surface area contributed by atoms with Gasteiger partial charge < -0.3 is 4.90 Å². The second kappa shape index (κ2) is 9.44. The van der Waals surface area contributed by atoms with Crippen LogP contribution >= 0.6 is 11.6 Å². The van der Waals surface area contributed by atoms with Crippen LogP contribution in [0, 0.1) is 5.82 Å². The van der Waals surface area contributed by atoms with E-state index in [1.54, 1.807) is 25.4 Å². The van der Waals surface area contributed by atoms with Gasteiger partial charge in [0, 0.05) is 30.4 Å². The Kier molecular flexibility index (Phi) is 6.74. The fraction of sp³-hybridized carbons (Fsp3) is 0.182. The van der Waals surface area contributed by atoms with Crippen LogP contribution in [0.3, 0.4) is 0 Å². The lowest BCUT2D eigenvalue weighted by Gasteiger charge is -2.22. The normalized spacial score (nSPS) is 11.8. The zero-order valence-electron chi connectivity index (χ0n) is 15.5. The van der Waals surface area contributed by atoms with Crippen LogP contribution < -0.4 is 5.32 Å². The van der Waals surface area contributed by atoms with Crippen molar-refractivity contribution in [2.45, 2.75) is 12.6 Å². The Labute approximate surface area is 169 Å². The van der Waals surface area contributed by atoms with Gasteiger partial charge in [-0.2, -0.15) is 0 Å². The molecule has 0 aliphatic rings. The maximum absolute atomic E-state index is 14.0. The molecule has 0 bridgehead atoms. The molecule has 0 radical (unpaired) electrons. The van der Waals surface area contributed by atoms with Crippen molar-refractivity contribution in [3.8, 4) is 0 Å². The number of hydrogen-bond acceptors (Lipinski definition) is 3. The number of pyridine rings is 1. The summed E-state index contributed by atoms with van der Waals surface area (Å²) in [4.78, 5) is 18.5. The van der Waals surface area contributed by atoms with E-state index in [4.69, 9.17) is 11.6 Å². The van der Waals surface area contributed by atoms with Crippen molar-refractivity contribution in [2.24, 2.45) is 0 Å². The van der Waals surface area contributed by atoms with Crippen LogP contribution in [0.15, 0.2) is 72.9 Å². The van der Waals surface area contributed by atoms with E-state index in [0.717, 1.165) is 11.3 Å². The van der Waals surface area contributed by atoms with E-state index < -0.39 is 5.82 Å². The third-order valence-electron chi connectivity index (χ3n) is 4.46. The molecule has 6 heteroatoms. The smallest absolute Gasteiger partial charge is 0.236 e. The van der Waals surface area contributed by atoms with Crippen LogP contribution in [0.5, 0.6) is 0 Å². The van der Waals surface area contributed by atoms with E-state index in [9.17, 15) is 9.18 Å². The molecule has 1 N–H and O–H groups in total. The van der Waals surface area contributed by atoms with Gasteiger partial charge in [-0.25, -0.2) is 4.39 Å². The molecule has 1 amide bonds. The zero-order chi connectivity index (χ0) is 19.9. The fourth-order valence-electron chi connectivity index (χ4n) is 2.92. The molecule has 1 aromatic heterocycles. The minimum Gasteiger partial charge on any atom is -0.340 e. The maximum atomic E-state index is 14.0. The van der Waals surface area contributed by atoms with Gasteiger partial charge in [0.2, 0.25) is 5.91 Å². The number of likely N-dealkylation sites (N-methyl/N-ethyl adjacent to an activating group) is 1. The molecule has 0 aliphatic heterocycles. The van der Waals surface area contributed by atoms with Crippen molar-refractivity contribution in [1.82, 2.24) is 15.2 Å². The second-order valence-corrected chi connectivity index (χ2v) is 6.84. The molecular weight excluding hydrogens is 377 g/mol. The number of aromatic nitrogens is 1. The Balaban J connectivity index is 1.70. The molecule has 3 rings (SSSR count). The van der Waals surface area contributed by atoms with Gasteiger partial charge >= 0.3 is 0 Å². The molecule has 0 fully saturated rings. The first-order valence-electron chi connectivity index (χ1n) is 8.92. The first-order valence-corrected chi connectivity index (χ1v) is 9.30. The third-order valence-corrected chi connectivity index (χ3v) is 4.81. The number of carbonyl (C=O) groups excluding carboxylic acids is 1. The van der Waals surface area contributed by atoms with Gasteiger partial charge in [-0.15, -0.1) is 0 Å². The van der Waals surface area contributed by atoms with Gasteiger partial charge in [0.15, 0.2) is 0 Å². The van der Waals surface area contributed by atoms with Crippen molar-refractivity contribution < 1.29 is 9.18 Å². The number of rotatable bonds is 7. The van der Waals surface area contributed by atoms with Crippen LogP contribution in [-0.2, 0) is 11.3 Å². The van der Waals surface area contributed by atoms with E-state index in [1.165, 1.54) is 11.0 Å². The summed E-state index contributed by atoms with van der Waals surface area (Å²) >= 11 is 6.06. The van der Waals surface area contributed by atoms with Crippen molar-refractivity contribution in [2.75, 3.05) is 13.6 Å². The van der Waals surface area contributed by atoms with E-state index in [2.05, 4.69) is 10.3 Å². The molecule has 0 saturated heterocycles. The Hall–Kier alpha value is -2.76. The predicted octanol–water partition coefficient (Wildman–Crippen LogP) is 4.21. The Morgan fingerprint density at radius 3 is 2.54 bits per heavy atom. The number of benzene rings is 2. The Bertz CT molecular complexity index is 862. The van der Waals surface area contributed by atoms with Crippen LogP contribution in [0.1, 0.15) is 22.9 Å². The lowest BCUT2D eigenvalue weighted by molar-refractivity contribution is -0.129. The summed E-state index contributed by atoms with van der Waals surface area (Å²) in [5.41, 5.74) is 2.14. The number of nitrogens with zero attached hydrogens (tertiary/aromatic N) is 2. The quantitative estimate of drug-likeness (QED) is 0.649. The first-order chi connectivity index (χ1) is 13.6. The van der Waals surface area contributed by atoms with E-state index >= 15 is 0 Å². The summed E-state index contributed by atoms with van der Waals surface area (Å²) in [5, 5.41) is 3.58. The van der Waals surface area contributed by atoms with Crippen molar-refractivity contribution in [1.29, 1.82) is 0 Å². The van der Waals surface area contributed by atoms with Gasteiger partial charge in [-0.3, -0.25) is 15.1 Å². The molecular formula is C22H21ClFN3O. The fourth-order valence-corrected chi connectivity index (χ4v) is 3.14. The van der Waals surface area contributed by atoms with Crippen LogP contribution in [0.25, 0.3) is 0 Å². The van der Waals surface area contributed by atoms with Crippen molar-refractivity contribution >= 4 is 17.5 Å². The van der Waals surface area contributed by atoms with E-state index in [-0.39, 0.29) is 25.0 Å². The lowest BCUT2D eigenvalue weighted by atomic mass is 10.0. The SMILES string of the molecule is CN(Cc1c(F)cccc1Cl)C(=O)CNC(c1ccccc1)c1ccccn1. The summed E-state index contributed by atoms with van der Waals surface area (Å²) in [5.74, 6) is -0.591. The Morgan fingerprint density at radius 1 is 1.11 bits per heavy atom. The van der Waals surface area contributed by atoms with Gasteiger partial charge in [0.1, 0.15) is 5.82 Å². The highest BCUT2D eigenvalue weighted by Crippen LogP contribution is 2.21. The van der Waals surface area contributed by atoms with E-state index in [1.807, 2.05) is 48.5 Å². The standard InChI is InChI=1S/C22H21ClFN3O/c1-27(15-17-18(23)10-7-11-19(17)24)21(28)14-26-22(16-8-3-2-4-9-16)20-12-5-6-13-25-20/h2-13,22,26H,14-15H2,1H3. The number of hydrogen-bond donors (Lipinski definition) is 1. The molecule has 0 saturated carbocycles. The maximum Gasteiger partial charge on any atom is 0.236 e. The number of carbonyl (C=O) groups is 1. The minimum absolute atomic E-state index is 0.0821. The van der Waals surface area contributed by atoms with Gasteiger partial charge in [-0.1, -0.05) is 54.1 Å². The van der Waals surface area contributed by atoms with Crippen LogP contribution in [-0.4, -0.2) is 29.4 Å². The lowest BCUT2D eigenvalue weighted by Crippen LogP contribution is -2.37. The average molecular weight is 398 g/mol. The summed E-state index contributed by atoms with van der Waals surface area (Å²) in [7, 11) is 1.63. The highest BCUT2D eigenvalue weighted by molar-refractivity contribution is 6.31. The second-order valence-electron chi connectivity index (χ2n) is 6.43. The molecule has 4 nitrogen and oxygen atoms in total. The number of halogens is 2. The summed E-state index contributed by atoms with van der Waals surface area (Å²) in [6.07, 6.45) is 1.72. The molecule has 28 heavy (non-hydrogen) atoms. The molecule has 1 atom stereocenters. The summed E-state index contributed by atoms with van der Waals surface area (Å²) < 4.78 is 14.0. The molecule has 1 heterocycles. The molecule has 0 aliphatic carbocycles. The predicted molar refractivity (Wildman–Crippen MR) is 108 cm³/mol. The largest absolute Gasteiger partial charge is 0.340 e. The van der Waals surface area contributed by atoms with Crippen LogP contribution in [0.2, 0.25) is 5.02 Å². The van der Waals surface area contributed by atoms with Gasteiger partial charge in [0.25, 0.3) is 0 Å². The molecule has 3 aromatic rings. The van der Waals surface area contributed by atoms with Crippen molar-refractivity contribution in [3.63, 3.8) is 0 Å². The van der Waals surface area contributed by atoms with Gasteiger partial charge in [0.05, 0.1) is 18.3 Å². The molecule has 0 spiro atoms. The Morgan fingerprint density at radius 2 is 1.86 bits per heavy atom. The highest BCUT2D eigenvalue weighted by atomic mass is 35.5. The minimum atomic E-state index is -0.421. The summed E-state index contributed by atoms with van der Waals surface area (Å²) in [6.45, 7) is 0.185. The summed E-state index contributed by atoms with van der Waals surface area (Å²) in [6, 6.07) is 19.7. The van der Waals surface area contributed by atoms with Crippen LogP contribution in [0.4, 0.5) is 4.39 Å². The molecule has 2 aromatic carbocycles. The third kappa shape index (κ3) is 4.94. The number of nitrogens with one attached hydrogen (secondary N) is 1. The monoisotopic (exact) mass is 397 g/mol. The average Bonchev–Trinajstić information content (AvgIpc) is 2.72. The highest BCUT2D eigenvalue weighted by Gasteiger charge is 2.19. The molecule has 1 unspecified atom stereocenters. The first kappa shape index (κ1) is 20.0. The molecule has 144 valence electrons. The van der Waals surface area contributed by atoms with E-state index in [0.29, 0.717) is 10.6 Å². The van der Waals surface area contributed by atoms with Gasteiger partial charge in [-0.05, 0) is 29.8 Å². The number of amides is 1. The van der Waals surface area contributed by atoms with Crippen molar-refractivity contribution in [3.05, 3.63) is 101 Å².